The van der Waals surface area contributed by atoms with Gasteiger partial charge in [0.05, 0.1) is 67.1 Å². The summed E-state index contributed by atoms with van der Waals surface area (Å²) in [6.45, 7) is -0.604. The van der Waals surface area contributed by atoms with Crippen molar-refractivity contribution in [2.45, 2.75) is 73.6 Å². The summed E-state index contributed by atoms with van der Waals surface area (Å²) in [5.74, 6) is 0.683. The van der Waals surface area contributed by atoms with Gasteiger partial charge in [-0.05, 0) is 35.4 Å². The van der Waals surface area contributed by atoms with Crippen LogP contribution in [0.15, 0.2) is 24.3 Å². The molecular weight excluding hydrogens is 696 g/mol. The summed E-state index contributed by atoms with van der Waals surface area (Å²) in [5.41, 5.74) is 1.37. The van der Waals surface area contributed by atoms with Gasteiger partial charge in [0, 0.05) is 11.8 Å². The third kappa shape index (κ3) is 6.94. The molecular formula is C34H46O18. The summed E-state index contributed by atoms with van der Waals surface area (Å²) in [4.78, 5) is 0. The van der Waals surface area contributed by atoms with E-state index in [2.05, 4.69) is 0 Å². The van der Waals surface area contributed by atoms with E-state index >= 15 is 0 Å². The Kier molecular flexibility index (Phi) is 11.8. The molecule has 6 rings (SSSR count). The lowest BCUT2D eigenvalue weighted by Gasteiger charge is -2.39. The van der Waals surface area contributed by atoms with Gasteiger partial charge in [-0.15, -0.1) is 0 Å². The van der Waals surface area contributed by atoms with Crippen molar-refractivity contribution in [3.63, 3.8) is 0 Å². The first-order valence-electron chi connectivity index (χ1n) is 16.7. The van der Waals surface area contributed by atoms with Gasteiger partial charge in [-0.1, -0.05) is 0 Å². The van der Waals surface area contributed by atoms with E-state index in [9.17, 15) is 40.9 Å². The number of ether oxygens (including phenoxy) is 10. The predicted octanol–water partition coefficient (Wildman–Crippen LogP) is -1.85. The molecule has 2 aromatic carbocycles. The molecule has 4 fully saturated rings. The van der Waals surface area contributed by atoms with E-state index in [1.165, 1.54) is 28.4 Å². The van der Waals surface area contributed by atoms with E-state index in [1.54, 1.807) is 24.3 Å². The van der Waals surface area contributed by atoms with Crippen molar-refractivity contribution in [1.82, 2.24) is 0 Å². The fourth-order valence-corrected chi connectivity index (χ4v) is 7.16. The molecule has 290 valence electrons. The van der Waals surface area contributed by atoms with Gasteiger partial charge in [0.2, 0.25) is 24.1 Å². The van der Waals surface area contributed by atoms with Crippen LogP contribution in [0.2, 0.25) is 0 Å². The molecule has 2 aromatic rings. The molecule has 4 aliphatic heterocycles. The minimum atomic E-state index is -1.65. The fraction of sp³-hybridized carbons (Fsp3) is 0.647. The fourth-order valence-electron chi connectivity index (χ4n) is 7.16. The van der Waals surface area contributed by atoms with Crippen LogP contribution < -0.4 is 28.4 Å². The number of fused-ring (bicyclic) bond motifs is 1. The monoisotopic (exact) mass is 742 g/mol. The van der Waals surface area contributed by atoms with Crippen LogP contribution in [0.5, 0.6) is 34.5 Å². The van der Waals surface area contributed by atoms with E-state index in [4.69, 9.17) is 47.4 Å². The molecule has 4 heterocycles. The molecule has 0 spiro atoms. The molecule has 8 N–H and O–H groups in total. The third-order valence-electron chi connectivity index (χ3n) is 10.1. The van der Waals surface area contributed by atoms with Crippen LogP contribution in [0.4, 0.5) is 0 Å². The highest BCUT2D eigenvalue weighted by Gasteiger charge is 2.50. The maximum atomic E-state index is 10.5. The van der Waals surface area contributed by atoms with Crippen molar-refractivity contribution < 1.29 is 88.2 Å². The SMILES string of the molecule is COc1cc([C@H]2OC[C@H]3[C@@H]2CO[C@@H]3c2cc(OC)c(O[C@@H]3O[C@H](CO)[C@@H](O)[C@H](O)[C@H]3O)c(OC)c2)cc(OC)c1O[C@H]1O[C@@H](CO)[C@H](O)[C@@H](O)[C@@H]1O. The molecule has 0 unspecified atom stereocenters. The van der Waals surface area contributed by atoms with E-state index in [-0.39, 0.29) is 46.3 Å². The van der Waals surface area contributed by atoms with Crippen LogP contribution in [0.25, 0.3) is 0 Å². The van der Waals surface area contributed by atoms with Crippen molar-refractivity contribution in [3.05, 3.63) is 35.4 Å². The Morgan fingerprint density at radius 1 is 0.519 bits per heavy atom. The number of methoxy groups -OCH3 is 4. The highest BCUT2D eigenvalue weighted by atomic mass is 16.7. The van der Waals surface area contributed by atoms with Crippen molar-refractivity contribution in [3.8, 4) is 34.5 Å². The minimum Gasteiger partial charge on any atom is -0.493 e. The number of benzene rings is 2. The molecule has 18 heteroatoms. The van der Waals surface area contributed by atoms with Gasteiger partial charge in [-0.25, -0.2) is 0 Å². The van der Waals surface area contributed by atoms with Crippen LogP contribution in [-0.4, -0.2) is 157 Å². The predicted molar refractivity (Wildman–Crippen MR) is 172 cm³/mol. The average molecular weight is 743 g/mol. The zero-order chi connectivity index (χ0) is 37.4. The Morgan fingerprint density at radius 3 is 1.13 bits per heavy atom. The summed E-state index contributed by atoms with van der Waals surface area (Å²) in [7, 11) is 5.66. The number of rotatable bonds is 12. The van der Waals surface area contributed by atoms with Crippen LogP contribution in [0.1, 0.15) is 23.3 Å². The lowest BCUT2D eigenvalue weighted by atomic mass is 9.84. The van der Waals surface area contributed by atoms with Crippen molar-refractivity contribution in [2.75, 3.05) is 54.9 Å². The normalized spacial score (nSPS) is 37.3. The standard InChI is InChI=1S/C34H46O18/c1-43-17-5-13(6-18(44-2)31(17)51-33-27(41)25(39)23(37)21(9-35)49-33)29-15-11-48-30(16(15)12-47-29)14-7-19(45-3)32(20(8-14)46-4)52-34-28(42)26(40)24(38)22(10-36)50-34/h5-8,15-16,21-30,33-42H,9-12H2,1-4H3/t15-,16-,21-,22+,23-,24+,25+,26-,27-,28+,29+,30+,33+,34-/m0/s1. The Bertz CT molecular complexity index is 1360. The second-order valence-corrected chi connectivity index (χ2v) is 13.0. The Balaban J connectivity index is 1.22. The van der Waals surface area contributed by atoms with Gasteiger partial charge in [-0.2, -0.15) is 0 Å². The highest BCUT2D eigenvalue weighted by molar-refractivity contribution is 5.56. The summed E-state index contributed by atoms with van der Waals surface area (Å²) in [6.07, 6.45) is -15.9. The van der Waals surface area contributed by atoms with Gasteiger partial charge < -0.3 is 88.2 Å². The zero-order valence-electron chi connectivity index (χ0n) is 28.9. The van der Waals surface area contributed by atoms with Crippen LogP contribution >= 0.6 is 0 Å². The Hall–Kier alpha value is -3.24. The van der Waals surface area contributed by atoms with Gasteiger partial charge in [0.15, 0.2) is 23.0 Å². The second-order valence-electron chi connectivity index (χ2n) is 13.0. The topological polar surface area (TPSA) is 254 Å². The second kappa shape index (κ2) is 16.0. The van der Waals surface area contributed by atoms with Crippen LogP contribution in [0.3, 0.4) is 0 Å². The minimum absolute atomic E-state index is 0.0541. The van der Waals surface area contributed by atoms with Gasteiger partial charge in [0.1, 0.15) is 48.8 Å². The van der Waals surface area contributed by atoms with E-state index in [1.807, 2.05) is 0 Å². The quantitative estimate of drug-likeness (QED) is 0.119. The number of aliphatic hydroxyl groups is 8. The Labute approximate surface area is 298 Å². The maximum Gasteiger partial charge on any atom is 0.229 e. The highest BCUT2D eigenvalue weighted by Crippen LogP contribution is 2.54. The first kappa shape index (κ1) is 38.5. The molecule has 52 heavy (non-hydrogen) atoms. The largest absolute Gasteiger partial charge is 0.493 e. The third-order valence-corrected chi connectivity index (χ3v) is 10.1. The maximum absolute atomic E-state index is 10.5. The van der Waals surface area contributed by atoms with E-state index in [0.717, 1.165) is 0 Å². The number of aliphatic hydroxyl groups excluding tert-OH is 8. The summed E-state index contributed by atoms with van der Waals surface area (Å²) >= 11 is 0. The van der Waals surface area contributed by atoms with Crippen molar-refractivity contribution in [2.24, 2.45) is 11.8 Å². The molecule has 0 aliphatic carbocycles. The molecule has 0 aromatic heterocycles. The molecule has 0 bridgehead atoms. The molecule has 0 amide bonds. The van der Waals surface area contributed by atoms with Crippen LogP contribution in [0, 0.1) is 11.8 Å². The van der Waals surface area contributed by atoms with Gasteiger partial charge in [0.25, 0.3) is 0 Å². The Morgan fingerprint density at radius 2 is 0.846 bits per heavy atom. The van der Waals surface area contributed by atoms with Gasteiger partial charge >= 0.3 is 0 Å². The molecule has 0 saturated carbocycles. The lowest BCUT2D eigenvalue weighted by Crippen LogP contribution is -2.60. The molecule has 14 atom stereocenters. The van der Waals surface area contributed by atoms with E-state index in [0.29, 0.717) is 24.3 Å². The summed E-state index contributed by atoms with van der Waals surface area (Å²) < 4.78 is 58.0. The summed E-state index contributed by atoms with van der Waals surface area (Å²) in [6, 6.07) is 6.78. The van der Waals surface area contributed by atoms with Crippen molar-refractivity contribution in [1.29, 1.82) is 0 Å². The summed E-state index contributed by atoms with van der Waals surface area (Å²) in [5, 5.41) is 81.0. The molecule has 4 aliphatic rings. The molecule has 4 saturated heterocycles. The van der Waals surface area contributed by atoms with Crippen molar-refractivity contribution >= 4 is 0 Å². The zero-order valence-corrected chi connectivity index (χ0v) is 28.9. The van der Waals surface area contributed by atoms with Gasteiger partial charge in [-0.3, -0.25) is 0 Å². The average Bonchev–Trinajstić information content (AvgIpc) is 3.78. The number of hydrogen-bond acceptors (Lipinski definition) is 18. The van der Waals surface area contributed by atoms with Crippen LogP contribution in [-0.2, 0) is 18.9 Å². The number of hydrogen-bond donors (Lipinski definition) is 8. The molecule has 0 radical (unpaired) electrons. The first-order chi connectivity index (χ1) is 25.0. The smallest absolute Gasteiger partial charge is 0.229 e. The van der Waals surface area contributed by atoms with E-state index < -0.39 is 86.8 Å². The molecule has 18 nitrogen and oxygen atoms in total. The lowest BCUT2D eigenvalue weighted by molar-refractivity contribution is -0.277. The first-order valence-corrected chi connectivity index (χ1v) is 16.7.